The zero-order valence-corrected chi connectivity index (χ0v) is 13.0. The highest BCUT2D eigenvalue weighted by atomic mass is 32.1. The van der Waals surface area contributed by atoms with Gasteiger partial charge in [-0.15, -0.1) is 11.3 Å². The fraction of sp³-hybridized carbons (Fsp3) is 0.235. The molecular weight excluding hydrogens is 280 g/mol. The zero-order valence-electron chi connectivity index (χ0n) is 12.2. The van der Waals surface area contributed by atoms with Crippen LogP contribution in [0.5, 0.6) is 5.75 Å². The molecule has 3 nitrogen and oxygen atoms in total. The summed E-state index contributed by atoms with van der Waals surface area (Å²) in [5.41, 5.74) is 9.27. The molecule has 3 rings (SSSR count). The number of benzene rings is 2. The third-order valence-electron chi connectivity index (χ3n) is 3.35. The third kappa shape index (κ3) is 3.06. The Balaban J connectivity index is 1.81. The first-order chi connectivity index (χ1) is 10.1. The fourth-order valence-corrected chi connectivity index (χ4v) is 3.16. The number of nitrogens with two attached hydrogens (primary N) is 1. The minimum atomic E-state index is -0.0460. The predicted molar refractivity (Wildman–Crippen MR) is 87.7 cm³/mol. The molecule has 1 heterocycles. The Kier molecular flexibility index (Phi) is 3.90. The monoisotopic (exact) mass is 298 g/mol. The smallest absolute Gasteiger partial charge is 0.140 e. The quantitative estimate of drug-likeness (QED) is 0.785. The molecule has 0 bridgehead atoms. The van der Waals surface area contributed by atoms with Crippen molar-refractivity contribution in [2.45, 2.75) is 26.5 Å². The van der Waals surface area contributed by atoms with Crippen molar-refractivity contribution in [2.24, 2.45) is 5.73 Å². The van der Waals surface area contributed by atoms with Gasteiger partial charge in [0.25, 0.3) is 0 Å². The molecular formula is C17H18N2OS. The van der Waals surface area contributed by atoms with Crippen molar-refractivity contribution in [3.05, 3.63) is 58.6 Å². The number of aryl methyl sites for hydroxylation is 1. The molecule has 108 valence electrons. The van der Waals surface area contributed by atoms with Gasteiger partial charge in [0.1, 0.15) is 17.4 Å². The topological polar surface area (TPSA) is 48.1 Å². The molecule has 0 saturated heterocycles. The number of rotatable bonds is 4. The molecule has 0 aliphatic carbocycles. The van der Waals surface area contributed by atoms with Crippen LogP contribution >= 0.6 is 11.3 Å². The van der Waals surface area contributed by atoms with Crippen LogP contribution in [0.2, 0.25) is 0 Å². The highest BCUT2D eigenvalue weighted by Gasteiger charge is 2.10. The van der Waals surface area contributed by atoms with E-state index in [4.69, 9.17) is 10.5 Å². The molecule has 3 aromatic rings. The van der Waals surface area contributed by atoms with E-state index in [0.29, 0.717) is 6.61 Å². The average Bonchev–Trinajstić information content (AvgIpc) is 2.88. The van der Waals surface area contributed by atoms with Gasteiger partial charge in [-0.1, -0.05) is 29.8 Å². The van der Waals surface area contributed by atoms with Gasteiger partial charge in [0, 0.05) is 11.6 Å². The lowest BCUT2D eigenvalue weighted by Gasteiger charge is -2.14. The van der Waals surface area contributed by atoms with E-state index in [2.05, 4.69) is 24.0 Å². The lowest BCUT2D eigenvalue weighted by molar-refractivity contribution is 0.301. The van der Waals surface area contributed by atoms with Crippen LogP contribution in [-0.4, -0.2) is 4.98 Å². The van der Waals surface area contributed by atoms with Crippen LogP contribution in [-0.2, 0) is 6.61 Å². The van der Waals surface area contributed by atoms with Crippen molar-refractivity contribution in [1.29, 1.82) is 0 Å². The number of hydrogen-bond donors (Lipinski definition) is 1. The first kappa shape index (κ1) is 14.0. The predicted octanol–water partition coefficient (Wildman–Crippen LogP) is 4.20. The largest absolute Gasteiger partial charge is 0.486 e. The van der Waals surface area contributed by atoms with Gasteiger partial charge in [0.05, 0.1) is 10.2 Å². The van der Waals surface area contributed by atoms with Gasteiger partial charge in [-0.25, -0.2) is 4.98 Å². The summed E-state index contributed by atoms with van der Waals surface area (Å²) in [7, 11) is 0. The fourth-order valence-electron chi connectivity index (χ4n) is 2.28. The molecule has 0 aliphatic rings. The average molecular weight is 298 g/mol. The van der Waals surface area contributed by atoms with E-state index < -0.39 is 0 Å². The van der Waals surface area contributed by atoms with Gasteiger partial charge in [0.2, 0.25) is 0 Å². The van der Waals surface area contributed by atoms with Crippen LogP contribution < -0.4 is 10.5 Å². The minimum Gasteiger partial charge on any atom is -0.486 e. The lowest BCUT2D eigenvalue weighted by atomic mass is 10.1. The minimum absolute atomic E-state index is 0.0460. The molecule has 0 aliphatic heterocycles. The van der Waals surface area contributed by atoms with Crippen LogP contribution in [0.4, 0.5) is 0 Å². The van der Waals surface area contributed by atoms with Crippen LogP contribution in [0.3, 0.4) is 0 Å². The summed E-state index contributed by atoms with van der Waals surface area (Å²) < 4.78 is 7.12. The number of fused-ring (bicyclic) bond motifs is 1. The van der Waals surface area contributed by atoms with E-state index in [9.17, 15) is 0 Å². The van der Waals surface area contributed by atoms with Gasteiger partial charge in [-0.3, -0.25) is 0 Å². The SMILES string of the molecule is Cc1ccc(OCc2nc3ccccc3s2)c(C(C)N)c1. The van der Waals surface area contributed by atoms with Gasteiger partial charge >= 0.3 is 0 Å². The molecule has 0 radical (unpaired) electrons. The second-order valence-corrected chi connectivity index (χ2v) is 6.31. The molecule has 1 aromatic heterocycles. The molecule has 2 N–H and O–H groups in total. The van der Waals surface area contributed by atoms with Crippen LogP contribution in [0.25, 0.3) is 10.2 Å². The van der Waals surface area contributed by atoms with E-state index in [-0.39, 0.29) is 6.04 Å². The molecule has 21 heavy (non-hydrogen) atoms. The van der Waals surface area contributed by atoms with E-state index in [1.807, 2.05) is 37.3 Å². The van der Waals surface area contributed by atoms with Gasteiger partial charge in [0.15, 0.2) is 0 Å². The second kappa shape index (κ2) is 5.84. The summed E-state index contributed by atoms with van der Waals surface area (Å²) in [6, 6.07) is 14.2. The summed E-state index contributed by atoms with van der Waals surface area (Å²) in [6.07, 6.45) is 0. The Morgan fingerprint density at radius 1 is 1.24 bits per heavy atom. The first-order valence-corrected chi connectivity index (χ1v) is 7.78. The Morgan fingerprint density at radius 2 is 2.05 bits per heavy atom. The number of ether oxygens (including phenoxy) is 1. The van der Waals surface area contributed by atoms with Gasteiger partial charge < -0.3 is 10.5 Å². The lowest BCUT2D eigenvalue weighted by Crippen LogP contribution is -2.08. The van der Waals surface area contributed by atoms with Crippen LogP contribution in [0.1, 0.15) is 29.1 Å². The molecule has 4 heteroatoms. The summed E-state index contributed by atoms with van der Waals surface area (Å²) in [5, 5.41) is 0.979. The van der Waals surface area contributed by atoms with Crippen LogP contribution in [0.15, 0.2) is 42.5 Å². The summed E-state index contributed by atoms with van der Waals surface area (Å²) >= 11 is 1.67. The number of para-hydroxylation sites is 1. The van der Waals surface area contributed by atoms with Crippen LogP contribution in [0, 0.1) is 6.92 Å². The molecule has 1 atom stereocenters. The second-order valence-electron chi connectivity index (χ2n) is 5.19. The highest BCUT2D eigenvalue weighted by molar-refractivity contribution is 7.18. The maximum absolute atomic E-state index is 6.02. The normalized spacial score (nSPS) is 12.5. The van der Waals surface area contributed by atoms with Crippen molar-refractivity contribution >= 4 is 21.6 Å². The highest BCUT2D eigenvalue weighted by Crippen LogP contribution is 2.27. The molecule has 0 spiro atoms. The zero-order chi connectivity index (χ0) is 14.8. The van der Waals surface area contributed by atoms with Gasteiger partial charge in [-0.2, -0.15) is 0 Å². The Bertz CT molecular complexity index is 731. The van der Waals surface area contributed by atoms with E-state index >= 15 is 0 Å². The summed E-state index contributed by atoms with van der Waals surface area (Å²) in [5.74, 6) is 0.842. The standard InChI is InChI=1S/C17H18N2OS/c1-11-7-8-15(13(9-11)12(2)18)20-10-17-19-14-5-3-4-6-16(14)21-17/h3-9,12H,10,18H2,1-2H3. The number of hydrogen-bond acceptors (Lipinski definition) is 4. The Morgan fingerprint density at radius 3 is 2.81 bits per heavy atom. The first-order valence-electron chi connectivity index (χ1n) is 6.97. The summed E-state index contributed by atoms with van der Waals surface area (Å²) in [4.78, 5) is 4.58. The number of thiazole rings is 1. The number of nitrogens with zero attached hydrogens (tertiary/aromatic N) is 1. The van der Waals surface area contributed by atoms with Crippen molar-refractivity contribution < 1.29 is 4.74 Å². The molecule has 2 aromatic carbocycles. The third-order valence-corrected chi connectivity index (χ3v) is 4.36. The summed E-state index contributed by atoms with van der Waals surface area (Å²) in [6.45, 7) is 4.50. The van der Waals surface area contributed by atoms with E-state index in [1.54, 1.807) is 11.3 Å². The van der Waals surface area contributed by atoms with Crippen molar-refractivity contribution in [3.8, 4) is 5.75 Å². The van der Waals surface area contributed by atoms with Crippen molar-refractivity contribution in [3.63, 3.8) is 0 Å². The maximum atomic E-state index is 6.02. The van der Waals surface area contributed by atoms with E-state index in [1.165, 1.54) is 10.3 Å². The Labute approximate surface area is 128 Å². The maximum Gasteiger partial charge on any atom is 0.140 e. The molecule has 1 unspecified atom stereocenters. The van der Waals surface area contributed by atoms with Crippen molar-refractivity contribution in [2.75, 3.05) is 0 Å². The Hall–Kier alpha value is -1.91. The van der Waals surface area contributed by atoms with E-state index in [0.717, 1.165) is 21.8 Å². The van der Waals surface area contributed by atoms with Gasteiger partial charge in [-0.05, 0) is 32.0 Å². The molecule has 0 amide bonds. The molecule has 0 saturated carbocycles. The van der Waals surface area contributed by atoms with Crippen molar-refractivity contribution in [1.82, 2.24) is 4.98 Å². The number of aromatic nitrogens is 1. The molecule has 0 fully saturated rings.